The van der Waals surface area contributed by atoms with Crippen LogP contribution in [0.15, 0.2) is 18.3 Å². The molecule has 2 aromatic rings. The normalized spacial score (nSPS) is 18.7. The molecule has 1 aromatic heterocycles. The first-order valence-electron chi connectivity index (χ1n) is 5.19. The van der Waals surface area contributed by atoms with Crippen molar-refractivity contribution in [3.05, 3.63) is 18.3 Å². The van der Waals surface area contributed by atoms with Gasteiger partial charge in [0.2, 0.25) is 6.79 Å². The topological polar surface area (TPSA) is 36.3 Å². The third-order valence-corrected chi connectivity index (χ3v) is 2.94. The number of fused-ring (bicyclic) bond motifs is 2. The van der Waals surface area contributed by atoms with Crippen molar-refractivity contribution in [3.63, 3.8) is 0 Å². The second-order valence-corrected chi connectivity index (χ2v) is 4.10. The zero-order chi connectivity index (χ0) is 9.83. The molecule has 0 atom stereocenters. The monoisotopic (exact) mass is 202 g/mol. The summed E-state index contributed by atoms with van der Waals surface area (Å²) in [6.45, 7) is 0.324. The highest BCUT2D eigenvalue weighted by Crippen LogP contribution is 2.38. The lowest BCUT2D eigenvalue weighted by atomic mass is 10.2. The van der Waals surface area contributed by atoms with Gasteiger partial charge in [-0.15, -0.1) is 0 Å². The van der Waals surface area contributed by atoms with Gasteiger partial charge in [0.15, 0.2) is 11.5 Å². The summed E-state index contributed by atoms with van der Waals surface area (Å²) in [5.41, 5.74) is 0.992. The summed E-state index contributed by atoms with van der Waals surface area (Å²) in [4.78, 5) is 0. The van der Waals surface area contributed by atoms with Crippen LogP contribution in [0.1, 0.15) is 18.9 Å². The third-order valence-electron chi connectivity index (χ3n) is 2.94. The van der Waals surface area contributed by atoms with E-state index >= 15 is 0 Å². The van der Waals surface area contributed by atoms with Crippen LogP contribution in [0.2, 0.25) is 0 Å². The molecule has 76 valence electrons. The van der Waals surface area contributed by atoms with Crippen LogP contribution in [0, 0.1) is 0 Å². The van der Waals surface area contributed by atoms with Crippen molar-refractivity contribution in [2.24, 2.45) is 0 Å². The van der Waals surface area contributed by atoms with Crippen LogP contribution < -0.4 is 9.47 Å². The lowest BCUT2D eigenvalue weighted by Crippen LogP contribution is -1.93. The van der Waals surface area contributed by atoms with Crippen molar-refractivity contribution < 1.29 is 9.47 Å². The third kappa shape index (κ3) is 1.04. The number of ether oxygens (including phenoxy) is 2. The molecule has 2 aliphatic rings. The Morgan fingerprint density at radius 1 is 1.20 bits per heavy atom. The predicted octanol–water partition coefficient (Wildman–Crippen LogP) is 2.10. The summed E-state index contributed by atoms with van der Waals surface area (Å²) < 4.78 is 12.7. The smallest absolute Gasteiger partial charge is 0.231 e. The molecule has 0 amide bonds. The van der Waals surface area contributed by atoms with E-state index in [1.165, 1.54) is 12.8 Å². The molecule has 0 spiro atoms. The summed E-state index contributed by atoms with van der Waals surface area (Å²) in [6, 6.07) is 4.58. The van der Waals surface area contributed by atoms with Crippen LogP contribution in [0.4, 0.5) is 0 Å². The maximum absolute atomic E-state index is 5.33. The molecule has 1 aliphatic heterocycles. The zero-order valence-electron chi connectivity index (χ0n) is 8.14. The van der Waals surface area contributed by atoms with Crippen molar-refractivity contribution in [2.75, 3.05) is 6.79 Å². The Hall–Kier alpha value is -1.71. The molecule has 15 heavy (non-hydrogen) atoms. The molecule has 1 saturated carbocycles. The van der Waals surface area contributed by atoms with Gasteiger partial charge in [-0.2, -0.15) is 5.10 Å². The molecule has 1 aromatic carbocycles. The summed E-state index contributed by atoms with van der Waals surface area (Å²) in [6.07, 6.45) is 4.59. The first kappa shape index (κ1) is 7.56. The van der Waals surface area contributed by atoms with Gasteiger partial charge >= 0.3 is 0 Å². The fourth-order valence-corrected chi connectivity index (χ4v) is 1.96. The Bertz CT molecular complexity index is 502. The molecule has 1 aliphatic carbocycles. The highest BCUT2D eigenvalue weighted by molar-refractivity contribution is 5.82. The Morgan fingerprint density at radius 2 is 2.00 bits per heavy atom. The molecule has 1 fully saturated rings. The maximum Gasteiger partial charge on any atom is 0.231 e. The van der Waals surface area contributed by atoms with E-state index < -0.39 is 0 Å². The minimum Gasteiger partial charge on any atom is -0.454 e. The molecule has 2 heterocycles. The van der Waals surface area contributed by atoms with E-state index in [1.807, 2.05) is 12.1 Å². The Morgan fingerprint density at radius 3 is 2.80 bits per heavy atom. The lowest BCUT2D eigenvalue weighted by molar-refractivity contribution is 0.174. The highest BCUT2D eigenvalue weighted by atomic mass is 16.7. The minimum atomic E-state index is 0.324. The maximum atomic E-state index is 5.33. The predicted molar refractivity (Wildman–Crippen MR) is 54.1 cm³/mol. The molecular formula is C11H10N2O2. The van der Waals surface area contributed by atoms with Crippen molar-refractivity contribution in [3.8, 4) is 11.5 Å². The van der Waals surface area contributed by atoms with Gasteiger partial charge < -0.3 is 9.47 Å². The fraction of sp³-hybridized carbons (Fsp3) is 0.364. The molecule has 0 radical (unpaired) electrons. The Labute approximate surface area is 86.4 Å². The largest absolute Gasteiger partial charge is 0.454 e. The summed E-state index contributed by atoms with van der Waals surface area (Å²) in [5, 5.41) is 5.66. The standard InChI is InChI=1S/C11H10N2O2/c1-2-8(1)13-5-7-3-10-11(15-6-14-10)4-9(7)12-13/h3-5,8H,1-2,6H2. The quantitative estimate of drug-likeness (QED) is 0.710. The number of rotatable bonds is 1. The molecule has 4 rings (SSSR count). The average Bonchev–Trinajstić information content (AvgIpc) is 2.85. The molecule has 4 heteroatoms. The molecule has 0 N–H and O–H groups in total. The van der Waals surface area contributed by atoms with E-state index in [0.717, 1.165) is 22.4 Å². The first-order valence-corrected chi connectivity index (χ1v) is 5.19. The minimum absolute atomic E-state index is 0.324. The van der Waals surface area contributed by atoms with Gasteiger partial charge in [0.25, 0.3) is 0 Å². The zero-order valence-corrected chi connectivity index (χ0v) is 8.14. The van der Waals surface area contributed by atoms with Crippen LogP contribution in [-0.4, -0.2) is 16.6 Å². The molecular weight excluding hydrogens is 192 g/mol. The second-order valence-electron chi connectivity index (χ2n) is 4.10. The number of hydrogen-bond donors (Lipinski definition) is 0. The van der Waals surface area contributed by atoms with Gasteiger partial charge in [0.1, 0.15) is 0 Å². The first-order chi connectivity index (χ1) is 7.40. The Kier molecular flexibility index (Phi) is 1.24. The fourth-order valence-electron chi connectivity index (χ4n) is 1.96. The van der Waals surface area contributed by atoms with Crippen LogP contribution in [-0.2, 0) is 0 Å². The molecule has 0 saturated heterocycles. The molecule has 4 nitrogen and oxygen atoms in total. The van der Waals surface area contributed by atoms with Crippen LogP contribution in [0.5, 0.6) is 11.5 Å². The molecule has 0 bridgehead atoms. The van der Waals surface area contributed by atoms with Crippen molar-refractivity contribution in [2.45, 2.75) is 18.9 Å². The van der Waals surface area contributed by atoms with E-state index in [0.29, 0.717) is 12.8 Å². The molecule has 0 unspecified atom stereocenters. The van der Waals surface area contributed by atoms with Gasteiger partial charge in [-0.25, -0.2) is 0 Å². The van der Waals surface area contributed by atoms with E-state index in [9.17, 15) is 0 Å². The lowest BCUT2D eigenvalue weighted by Gasteiger charge is -1.93. The van der Waals surface area contributed by atoms with Gasteiger partial charge in [0, 0.05) is 17.6 Å². The number of hydrogen-bond acceptors (Lipinski definition) is 3. The SMILES string of the molecule is c1c2c(cc3nn(C4CC4)cc13)OCO2. The van der Waals surface area contributed by atoms with Crippen LogP contribution in [0.25, 0.3) is 10.9 Å². The summed E-state index contributed by atoms with van der Waals surface area (Å²) >= 11 is 0. The summed E-state index contributed by atoms with van der Waals surface area (Å²) in [5.74, 6) is 1.64. The average molecular weight is 202 g/mol. The van der Waals surface area contributed by atoms with E-state index in [1.54, 1.807) is 0 Å². The highest BCUT2D eigenvalue weighted by Gasteiger charge is 2.25. The van der Waals surface area contributed by atoms with Crippen molar-refractivity contribution >= 4 is 10.9 Å². The second kappa shape index (κ2) is 2.45. The number of benzene rings is 1. The van der Waals surface area contributed by atoms with Gasteiger partial charge in [0.05, 0.1) is 11.6 Å². The number of aromatic nitrogens is 2. The Balaban J connectivity index is 1.94. The number of nitrogens with zero attached hydrogens (tertiary/aromatic N) is 2. The van der Waals surface area contributed by atoms with Crippen molar-refractivity contribution in [1.29, 1.82) is 0 Å². The van der Waals surface area contributed by atoms with Gasteiger partial charge in [-0.3, -0.25) is 4.68 Å². The van der Waals surface area contributed by atoms with Crippen LogP contribution in [0.3, 0.4) is 0 Å². The van der Waals surface area contributed by atoms with Gasteiger partial charge in [-0.05, 0) is 18.9 Å². The van der Waals surface area contributed by atoms with E-state index in [-0.39, 0.29) is 0 Å². The van der Waals surface area contributed by atoms with E-state index in [4.69, 9.17) is 9.47 Å². The van der Waals surface area contributed by atoms with Crippen molar-refractivity contribution in [1.82, 2.24) is 9.78 Å². The van der Waals surface area contributed by atoms with Gasteiger partial charge in [-0.1, -0.05) is 0 Å². The van der Waals surface area contributed by atoms with E-state index in [2.05, 4.69) is 16.0 Å². The van der Waals surface area contributed by atoms with Crippen LogP contribution >= 0.6 is 0 Å². The summed E-state index contributed by atoms with van der Waals surface area (Å²) in [7, 11) is 0.